The molecule has 1 amide bonds. The summed E-state index contributed by atoms with van der Waals surface area (Å²) < 4.78 is 14.8. The van der Waals surface area contributed by atoms with Crippen molar-refractivity contribution in [2.45, 2.75) is 13.5 Å². The lowest BCUT2D eigenvalue weighted by molar-refractivity contribution is -0.116. The Kier molecular flexibility index (Phi) is 3.76. The number of nitrogens with zero attached hydrogens (tertiary/aromatic N) is 2. The number of amides is 1. The minimum atomic E-state index is -0.419. The summed E-state index contributed by atoms with van der Waals surface area (Å²) in [5, 5.41) is 6.45. The molecule has 0 unspecified atom stereocenters. The number of halogens is 1. The number of pyridine rings is 1. The molecule has 4 aromatic rings. The van der Waals surface area contributed by atoms with E-state index in [0.717, 1.165) is 5.56 Å². The third kappa shape index (κ3) is 2.83. The highest BCUT2D eigenvalue weighted by molar-refractivity contribution is 6.02. The van der Waals surface area contributed by atoms with Crippen LogP contribution in [0.1, 0.15) is 5.56 Å². The summed E-state index contributed by atoms with van der Waals surface area (Å²) in [6.07, 6.45) is 1.43. The van der Waals surface area contributed by atoms with Gasteiger partial charge in [0, 0.05) is 17.3 Å². The van der Waals surface area contributed by atoms with E-state index in [-0.39, 0.29) is 18.0 Å². The van der Waals surface area contributed by atoms with Crippen molar-refractivity contribution in [2.75, 3.05) is 5.32 Å². The summed E-state index contributed by atoms with van der Waals surface area (Å²) in [4.78, 5) is 28.9. The molecule has 2 heterocycles. The SMILES string of the molecule is Cc1ccc(NC(=O)Cn2[nH]c3c(cnc4ccc(F)cc43)c2=O)cc1. The average molecular weight is 350 g/mol. The van der Waals surface area contributed by atoms with Gasteiger partial charge in [-0.1, -0.05) is 17.7 Å². The Balaban J connectivity index is 1.68. The van der Waals surface area contributed by atoms with Gasteiger partial charge in [-0.15, -0.1) is 0 Å². The summed E-state index contributed by atoms with van der Waals surface area (Å²) in [7, 11) is 0. The Labute approximate surface area is 147 Å². The van der Waals surface area contributed by atoms with Crippen LogP contribution in [0.15, 0.2) is 53.5 Å². The summed E-state index contributed by atoms with van der Waals surface area (Å²) in [6, 6.07) is 11.5. The summed E-state index contributed by atoms with van der Waals surface area (Å²) in [6.45, 7) is 1.77. The molecule has 2 aromatic carbocycles. The molecule has 0 aliphatic rings. The minimum Gasteiger partial charge on any atom is -0.324 e. The molecule has 0 spiro atoms. The molecule has 0 saturated heterocycles. The summed E-state index contributed by atoms with van der Waals surface area (Å²) >= 11 is 0. The van der Waals surface area contributed by atoms with E-state index >= 15 is 0 Å². The monoisotopic (exact) mass is 350 g/mol. The molecule has 2 N–H and O–H groups in total. The number of rotatable bonds is 3. The molecule has 0 aliphatic carbocycles. The van der Waals surface area contributed by atoms with Gasteiger partial charge in [0.1, 0.15) is 12.4 Å². The van der Waals surface area contributed by atoms with E-state index in [1.165, 1.54) is 23.0 Å². The van der Waals surface area contributed by atoms with Crippen LogP contribution in [-0.2, 0) is 11.3 Å². The molecule has 0 saturated carbocycles. The third-order valence-corrected chi connectivity index (χ3v) is 4.19. The number of carbonyl (C=O) groups is 1. The van der Waals surface area contributed by atoms with Crippen LogP contribution < -0.4 is 10.9 Å². The van der Waals surface area contributed by atoms with Gasteiger partial charge in [-0.25, -0.2) is 9.07 Å². The number of nitrogens with one attached hydrogen (secondary N) is 2. The number of carbonyl (C=O) groups excluding carboxylic acids is 1. The maximum Gasteiger partial charge on any atom is 0.276 e. The third-order valence-electron chi connectivity index (χ3n) is 4.19. The lowest BCUT2D eigenvalue weighted by Crippen LogP contribution is -2.26. The maximum absolute atomic E-state index is 13.6. The highest BCUT2D eigenvalue weighted by atomic mass is 19.1. The van der Waals surface area contributed by atoms with E-state index in [9.17, 15) is 14.0 Å². The molecule has 4 rings (SSSR count). The molecule has 0 radical (unpaired) electrons. The van der Waals surface area contributed by atoms with Gasteiger partial charge in [0.2, 0.25) is 5.91 Å². The lowest BCUT2D eigenvalue weighted by Gasteiger charge is -2.05. The van der Waals surface area contributed by atoms with Gasteiger partial charge >= 0.3 is 0 Å². The topological polar surface area (TPSA) is 79.8 Å². The fraction of sp³-hybridized carbons (Fsp3) is 0.105. The highest BCUT2D eigenvalue weighted by Gasteiger charge is 2.13. The van der Waals surface area contributed by atoms with Crippen LogP contribution in [0.25, 0.3) is 21.8 Å². The molecule has 6 nitrogen and oxygen atoms in total. The number of aromatic nitrogens is 3. The van der Waals surface area contributed by atoms with Crippen molar-refractivity contribution < 1.29 is 9.18 Å². The fourth-order valence-electron chi connectivity index (χ4n) is 2.87. The van der Waals surface area contributed by atoms with Gasteiger partial charge < -0.3 is 5.32 Å². The predicted molar refractivity (Wildman–Crippen MR) is 97.6 cm³/mol. The maximum atomic E-state index is 13.6. The van der Waals surface area contributed by atoms with Gasteiger partial charge in [-0.2, -0.15) is 0 Å². The number of H-pyrrole nitrogens is 1. The van der Waals surface area contributed by atoms with Crippen molar-refractivity contribution in [1.29, 1.82) is 0 Å². The van der Waals surface area contributed by atoms with Crippen LogP contribution in [-0.4, -0.2) is 20.7 Å². The van der Waals surface area contributed by atoms with Gasteiger partial charge in [0.25, 0.3) is 5.56 Å². The van der Waals surface area contributed by atoms with Crippen molar-refractivity contribution in [1.82, 2.24) is 14.8 Å². The molecule has 7 heteroatoms. The van der Waals surface area contributed by atoms with Crippen molar-refractivity contribution >= 4 is 33.4 Å². The van der Waals surface area contributed by atoms with E-state index in [1.807, 2.05) is 19.1 Å². The number of fused-ring (bicyclic) bond motifs is 3. The molecule has 0 fully saturated rings. The van der Waals surface area contributed by atoms with Crippen LogP contribution >= 0.6 is 0 Å². The zero-order valence-electron chi connectivity index (χ0n) is 13.9. The van der Waals surface area contributed by atoms with Gasteiger partial charge in [0.05, 0.1) is 16.4 Å². The first-order valence-electron chi connectivity index (χ1n) is 8.04. The van der Waals surface area contributed by atoms with Crippen LogP contribution in [0.5, 0.6) is 0 Å². The number of aromatic amines is 1. The molecule has 0 atom stereocenters. The highest BCUT2D eigenvalue weighted by Crippen LogP contribution is 2.20. The van der Waals surface area contributed by atoms with E-state index < -0.39 is 5.82 Å². The quantitative estimate of drug-likeness (QED) is 0.596. The Morgan fingerprint density at radius 1 is 1.19 bits per heavy atom. The Morgan fingerprint density at radius 3 is 2.73 bits per heavy atom. The summed E-state index contributed by atoms with van der Waals surface area (Å²) in [5.41, 5.74) is 2.39. The van der Waals surface area contributed by atoms with Crippen LogP contribution in [0.2, 0.25) is 0 Å². The first kappa shape index (κ1) is 16.0. The van der Waals surface area contributed by atoms with Gasteiger partial charge in [0.15, 0.2) is 0 Å². The van der Waals surface area contributed by atoms with Crippen molar-refractivity contribution in [3.63, 3.8) is 0 Å². The second-order valence-electron chi connectivity index (χ2n) is 6.13. The largest absolute Gasteiger partial charge is 0.324 e. The van der Waals surface area contributed by atoms with E-state index in [2.05, 4.69) is 15.4 Å². The predicted octanol–water partition coefficient (Wildman–Crippen LogP) is 2.96. The van der Waals surface area contributed by atoms with E-state index in [0.29, 0.717) is 27.5 Å². The number of benzene rings is 2. The standard InChI is InChI=1S/C19H15FN4O2/c1-11-2-5-13(6-3-11)22-17(25)10-24-19(26)15-9-21-16-7-4-12(20)8-14(16)18(15)23-24/h2-9,23H,10H2,1H3,(H,22,25). The molecule has 0 bridgehead atoms. The second-order valence-corrected chi connectivity index (χ2v) is 6.13. The molecular weight excluding hydrogens is 335 g/mol. The first-order valence-corrected chi connectivity index (χ1v) is 8.04. The van der Waals surface area contributed by atoms with Gasteiger partial charge in [-0.05, 0) is 37.3 Å². The number of anilines is 1. The van der Waals surface area contributed by atoms with E-state index in [4.69, 9.17) is 0 Å². The molecular formula is C19H15FN4O2. The van der Waals surface area contributed by atoms with Crippen LogP contribution in [0.4, 0.5) is 10.1 Å². The van der Waals surface area contributed by atoms with Crippen LogP contribution in [0, 0.1) is 12.7 Å². The number of hydrogen-bond donors (Lipinski definition) is 2. The van der Waals surface area contributed by atoms with E-state index in [1.54, 1.807) is 18.2 Å². The van der Waals surface area contributed by atoms with Crippen molar-refractivity contribution in [3.05, 3.63) is 70.4 Å². The lowest BCUT2D eigenvalue weighted by atomic mass is 10.2. The molecule has 0 aliphatic heterocycles. The first-order chi connectivity index (χ1) is 12.5. The fourth-order valence-corrected chi connectivity index (χ4v) is 2.87. The average Bonchev–Trinajstić information content (AvgIpc) is 2.93. The smallest absolute Gasteiger partial charge is 0.276 e. The van der Waals surface area contributed by atoms with Crippen molar-refractivity contribution in [2.24, 2.45) is 0 Å². The second kappa shape index (κ2) is 6.11. The zero-order valence-corrected chi connectivity index (χ0v) is 13.9. The number of aryl methyl sites for hydroxylation is 1. The Bertz CT molecular complexity index is 1190. The molecule has 130 valence electrons. The normalized spacial score (nSPS) is 11.2. The molecule has 26 heavy (non-hydrogen) atoms. The summed E-state index contributed by atoms with van der Waals surface area (Å²) in [5.74, 6) is -0.761. The number of hydrogen-bond acceptors (Lipinski definition) is 3. The minimum absolute atomic E-state index is 0.182. The Hall–Kier alpha value is -3.48. The van der Waals surface area contributed by atoms with Crippen LogP contribution in [0.3, 0.4) is 0 Å². The molecule has 2 aromatic heterocycles. The zero-order chi connectivity index (χ0) is 18.3. The van der Waals surface area contributed by atoms with Gasteiger partial charge in [-0.3, -0.25) is 19.7 Å². The Morgan fingerprint density at radius 2 is 1.96 bits per heavy atom. The van der Waals surface area contributed by atoms with Crippen molar-refractivity contribution in [3.8, 4) is 0 Å².